The van der Waals surface area contributed by atoms with Crippen LogP contribution in [-0.4, -0.2) is 51.1 Å². The standard InChI is InChI=1S/C21H23N5O3/c1-14-12-23-18(13-22-14)21-24-20(25-29-21)16-7-9-26(10-8-16)19(27)11-15-3-5-17(28-2)6-4-15/h3-6,12-13,16H,7-11H2,1-2H3. The summed E-state index contributed by atoms with van der Waals surface area (Å²) in [5.41, 5.74) is 2.39. The van der Waals surface area contributed by atoms with Crippen LogP contribution in [0, 0.1) is 6.92 Å². The first-order valence-electron chi connectivity index (χ1n) is 9.65. The first-order chi connectivity index (χ1) is 14.1. The van der Waals surface area contributed by atoms with Gasteiger partial charge in [0.2, 0.25) is 5.91 Å². The highest BCUT2D eigenvalue weighted by atomic mass is 16.5. The van der Waals surface area contributed by atoms with Gasteiger partial charge in [0.1, 0.15) is 11.4 Å². The number of rotatable bonds is 5. The lowest BCUT2D eigenvalue weighted by molar-refractivity contribution is -0.131. The van der Waals surface area contributed by atoms with Crippen molar-refractivity contribution in [1.82, 2.24) is 25.0 Å². The molecule has 1 aliphatic rings. The van der Waals surface area contributed by atoms with Crippen LogP contribution >= 0.6 is 0 Å². The van der Waals surface area contributed by atoms with Crippen molar-refractivity contribution in [1.29, 1.82) is 0 Å². The van der Waals surface area contributed by atoms with Crippen molar-refractivity contribution >= 4 is 5.91 Å². The number of hydrogen-bond donors (Lipinski definition) is 0. The minimum atomic E-state index is 0.136. The number of nitrogens with zero attached hydrogens (tertiary/aromatic N) is 5. The zero-order valence-corrected chi connectivity index (χ0v) is 16.5. The molecule has 1 saturated heterocycles. The van der Waals surface area contributed by atoms with Gasteiger partial charge in [0.25, 0.3) is 5.89 Å². The number of likely N-dealkylation sites (tertiary alicyclic amines) is 1. The summed E-state index contributed by atoms with van der Waals surface area (Å²) in [7, 11) is 1.63. The van der Waals surface area contributed by atoms with E-state index >= 15 is 0 Å². The van der Waals surface area contributed by atoms with E-state index in [9.17, 15) is 4.79 Å². The molecule has 3 heterocycles. The average Bonchev–Trinajstić information content (AvgIpc) is 3.25. The summed E-state index contributed by atoms with van der Waals surface area (Å²) in [6, 6.07) is 7.61. The number of hydrogen-bond acceptors (Lipinski definition) is 7. The summed E-state index contributed by atoms with van der Waals surface area (Å²) in [4.78, 5) is 27.5. The van der Waals surface area contributed by atoms with Crippen molar-refractivity contribution in [3.8, 4) is 17.3 Å². The molecule has 0 aliphatic carbocycles. The first kappa shape index (κ1) is 19.0. The van der Waals surface area contributed by atoms with Gasteiger partial charge in [0.15, 0.2) is 5.82 Å². The maximum absolute atomic E-state index is 12.6. The van der Waals surface area contributed by atoms with Gasteiger partial charge in [-0.05, 0) is 37.5 Å². The van der Waals surface area contributed by atoms with E-state index < -0.39 is 0 Å². The number of benzene rings is 1. The molecular weight excluding hydrogens is 370 g/mol. The molecule has 8 nitrogen and oxygen atoms in total. The normalized spacial score (nSPS) is 14.8. The zero-order valence-electron chi connectivity index (χ0n) is 16.5. The molecule has 1 aromatic carbocycles. The SMILES string of the molecule is COc1ccc(CC(=O)N2CCC(c3noc(-c4cnc(C)cn4)n3)CC2)cc1. The van der Waals surface area contributed by atoms with Gasteiger partial charge in [0.05, 0.1) is 25.4 Å². The number of amides is 1. The molecule has 2 aromatic heterocycles. The lowest BCUT2D eigenvalue weighted by Crippen LogP contribution is -2.39. The van der Waals surface area contributed by atoms with E-state index in [0.717, 1.165) is 29.8 Å². The molecule has 0 atom stereocenters. The highest BCUT2D eigenvalue weighted by Gasteiger charge is 2.27. The highest BCUT2D eigenvalue weighted by molar-refractivity contribution is 5.78. The topological polar surface area (TPSA) is 94.2 Å². The van der Waals surface area contributed by atoms with Crippen LogP contribution in [0.1, 0.15) is 35.8 Å². The molecule has 0 unspecified atom stereocenters. The first-order valence-corrected chi connectivity index (χ1v) is 9.65. The number of carbonyl (C=O) groups is 1. The molecular formula is C21H23N5O3. The van der Waals surface area contributed by atoms with Crippen molar-refractivity contribution in [3.05, 3.63) is 53.7 Å². The van der Waals surface area contributed by atoms with Gasteiger partial charge in [-0.2, -0.15) is 4.98 Å². The highest BCUT2D eigenvalue weighted by Crippen LogP contribution is 2.28. The number of carbonyl (C=O) groups excluding carboxylic acids is 1. The van der Waals surface area contributed by atoms with E-state index in [4.69, 9.17) is 9.26 Å². The van der Waals surface area contributed by atoms with E-state index in [1.807, 2.05) is 36.1 Å². The van der Waals surface area contributed by atoms with E-state index in [1.165, 1.54) is 0 Å². The summed E-state index contributed by atoms with van der Waals surface area (Å²) >= 11 is 0. The fourth-order valence-electron chi connectivity index (χ4n) is 3.42. The van der Waals surface area contributed by atoms with E-state index in [-0.39, 0.29) is 11.8 Å². The molecule has 3 aromatic rings. The lowest BCUT2D eigenvalue weighted by atomic mass is 9.95. The van der Waals surface area contributed by atoms with Crippen molar-refractivity contribution in [2.24, 2.45) is 0 Å². The second kappa shape index (κ2) is 8.38. The number of ether oxygens (including phenoxy) is 1. The van der Waals surface area contributed by atoms with Crippen LogP contribution in [0.4, 0.5) is 0 Å². The minimum Gasteiger partial charge on any atom is -0.497 e. The monoisotopic (exact) mass is 393 g/mol. The van der Waals surface area contributed by atoms with Crippen molar-refractivity contribution in [2.45, 2.75) is 32.1 Å². The smallest absolute Gasteiger partial charge is 0.278 e. The Morgan fingerprint density at radius 2 is 1.93 bits per heavy atom. The van der Waals surface area contributed by atoms with E-state index in [1.54, 1.807) is 19.5 Å². The minimum absolute atomic E-state index is 0.136. The Kier molecular flexibility index (Phi) is 5.50. The Balaban J connectivity index is 1.33. The van der Waals surface area contributed by atoms with Gasteiger partial charge in [0, 0.05) is 25.2 Å². The van der Waals surface area contributed by atoms with Gasteiger partial charge in [-0.1, -0.05) is 17.3 Å². The van der Waals surface area contributed by atoms with Gasteiger partial charge >= 0.3 is 0 Å². The number of methoxy groups -OCH3 is 1. The summed E-state index contributed by atoms with van der Waals surface area (Å²) in [5.74, 6) is 2.15. The van der Waals surface area contributed by atoms with Crippen molar-refractivity contribution in [2.75, 3.05) is 20.2 Å². The molecule has 4 rings (SSSR count). The van der Waals surface area contributed by atoms with Crippen LogP contribution in [-0.2, 0) is 11.2 Å². The Morgan fingerprint density at radius 3 is 2.59 bits per heavy atom. The van der Waals surface area contributed by atoms with Crippen LogP contribution in [0.2, 0.25) is 0 Å². The van der Waals surface area contributed by atoms with E-state index in [2.05, 4.69) is 20.1 Å². The lowest BCUT2D eigenvalue weighted by Gasteiger charge is -2.30. The number of aryl methyl sites for hydroxylation is 1. The van der Waals surface area contributed by atoms with Gasteiger partial charge in [-0.25, -0.2) is 4.98 Å². The van der Waals surface area contributed by atoms with Crippen molar-refractivity contribution < 1.29 is 14.1 Å². The van der Waals surface area contributed by atoms with Gasteiger partial charge < -0.3 is 14.2 Å². The maximum atomic E-state index is 12.6. The Labute approximate surface area is 168 Å². The van der Waals surface area contributed by atoms with Crippen LogP contribution < -0.4 is 4.74 Å². The fourth-order valence-corrected chi connectivity index (χ4v) is 3.42. The molecule has 1 amide bonds. The van der Waals surface area contributed by atoms with E-state index in [0.29, 0.717) is 36.9 Å². The molecule has 8 heteroatoms. The average molecular weight is 393 g/mol. The Hall–Kier alpha value is -3.29. The maximum Gasteiger partial charge on any atom is 0.278 e. The third kappa shape index (κ3) is 4.42. The molecule has 29 heavy (non-hydrogen) atoms. The fraction of sp³-hybridized carbons (Fsp3) is 0.381. The van der Waals surface area contributed by atoms with Gasteiger partial charge in [-0.15, -0.1) is 0 Å². The molecule has 1 aliphatic heterocycles. The molecule has 0 N–H and O–H groups in total. The summed E-state index contributed by atoms with van der Waals surface area (Å²) in [5, 5.41) is 4.12. The Morgan fingerprint density at radius 1 is 1.17 bits per heavy atom. The second-order valence-electron chi connectivity index (χ2n) is 7.18. The predicted molar refractivity (Wildman–Crippen MR) is 105 cm³/mol. The molecule has 0 bridgehead atoms. The summed E-state index contributed by atoms with van der Waals surface area (Å²) in [6.07, 6.45) is 5.33. The quantitative estimate of drug-likeness (QED) is 0.658. The van der Waals surface area contributed by atoms with Crippen LogP contribution in [0.25, 0.3) is 11.6 Å². The second-order valence-corrected chi connectivity index (χ2v) is 7.18. The van der Waals surface area contributed by atoms with Crippen LogP contribution in [0.15, 0.2) is 41.2 Å². The van der Waals surface area contributed by atoms with Gasteiger partial charge in [-0.3, -0.25) is 9.78 Å². The molecule has 1 fully saturated rings. The summed E-state index contributed by atoms with van der Waals surface area (Å²) in [6.45, 7) is 3.25. The third-order valence-corrected chi connectivity index (χ3v) is 5.17. The largest absolute Gasteiger partial charge is 0.497 e. The Bertz CT molecular complexity index is 961. The third-order valence-electron chi connectivity index (χ3n) is 5.17. The number of piperidine rings is 1. The van der Waals surface area contributed by atoms with Crippen LogP contribution in [0.3, 0.4) is 0 Å². The molecule has 0 radical (unpaired) electrons. The van der Waals surface area contributed by atoms with Crippen LogP contribution in [0.5, 0.6) is 5.75 Å². The molecule has 150 valence electrons. The summed E-state index contributed by atoms with van der Waals surface area (Å²) < 4.78 is 10.5. The zero-order chi connectivity index (χ0) is 20.2. The van der Waals surface area contributed by atoms with Crippen molar-refractivity contribution in [3.63, 3.8) is 0 Å². The molecule has 0 saturated carbocycles. The predicted octanol–water partition coefficient (Wildman–Crippen LogP) is 2.79. The number of aromatic nitrogens is 4. The molecule has 0 spiro atoms.